The fourth-order valence-electron chi connectivity index (χ4n) is 2.76. The van der Waals surface area contributed by atoms with E-state index in [1.165, 1.54) is 16.8 Å². The summed E-state index contributed by atoms with van der Waals surface area (Å²) in [6.07, 6.45) is 2.11. The molecule has 1 aliphatic rings. The predicted molar refractivity (Wildman–Crippen MR) is 91.2 cm³/mol. The van der Waals surface area contributed by atoms with Gasteiger partial charge in [0.05, 0.1) is 5.69 Å². The minimum Gasteiger partial charge on any atom is -0.336 e. The van der Waals surface area contributed by atoms with Gasteiger partial charge in [0.25, 0.3) is 0 Å². The molecule has 134 valence electrons. The summed E-state index contributed by atoms with van der Waals surface area (Å²) in [6, 6.07) is 4.43. The number of aromatic nitrogens is 2. The lowest BCUT2D eigenvalue weighted by Crippen LogP contribution is -2.43. The molecular weight excluding hydrogens is 328 g/mol. The number of nitrogens with zero attached hydrogens (tertiary/aromatic N) is 3. The van der Waals surface area contributed by atoms with Crippen molar-refractivity contribution in [2.75, 3.05) is 26.0 Å². The normalized spacial score (nSPS) is 15.3. The van der Waals surface area contributed by atoms with E-state index in [-0.39, 0.29) is 11.6 Å². The fourth-order valence-corrected chi connectivity index (χ4v) is 2.76. The van der Waals surface area contributed by atoms with E-state index >= 15 is 0 Å². The maximum Gasteiger partial charge on any atom is 0.320 e. The second kappa shape index (κ2) is 6.44. The zero-order chi connectivity index (χ0) is 18.2. The van der Waals surface area contributed by atoms with Crippen LogP contribution in [0.5, 0.6) is 0 Å². The first-order chi connectivity index (χ1) is 11.8. The van der Waals surface area contributed by atoms with Crippen molar-refractivity contribution in [3.05, 3.63) is 35.9 Å². The summed E-state index contributed by atoms with van der Waals surface area (Å²) in [5, 5.41) is 9.77. The average molecular weight is 349 g/mol. The van der Waals surface area contributed by atoms with Crippen molar-refractivity contribution >= 4 is 11.8 Å². The predicted octanol–water partition coefficient (Wildman–Crippen LogP) is 2.58. The molecule has 1 heterocycles. The molecule has 1 saturated carbocycles. The van der Waals surface area contributed by atoms with Gasteiger partial charge >= 0.3 is 6.03 Å². The zero-order valence-electron chi connectivity index (χ0n) is 14.4. The standard InChI is InChI=1S/C17H21F2N5O/c1-23(2)17(4-5-17)10-20-16(25)21-15-9-14(22-24(15)3)11-6-12(18)8-13(19)7-11/h6-9H,4-5,10H2,1-3H3,(H2,20,21,25). The van der Waals surface area contributed by atoms with Crippen molar-refractivity contribution in [1.29, 1.82) is 0 Å². The molecule has 0 unspecified atom stereocenters. The van der Waals surface area contributed by atoms with E-state index in [9.17, 15) is 13.6 Å². The van der Waals surface area contributed by atoms with Crippen molar-refractivity contribution in [2.24, 2.45) is 7.05 Å². The van der Waals surface area contributed by atoms with Crippen LogP contribution in [0.2, 0.25) is 0 Å². The van der Waals surface area contributed by atoms with Gasteiger partial charge in [-0.05, 0) is 39.1 Å². The molecule has 0 radical (unpaired) electrons. The number of hydrogen-bond donors (Lipinski definition) is 2. The number of amides is 2. The van der Waals surface area contributed by atoms with Crippen LogP contribution in [0.3, 0.4) is 0 Å². The van der Waals surface area contributed by atoms with E-state index in [0.717, 1.165) is 18.9 Å². The summed E-state index contributed by atoms with van der Waals surface area (Å²) >= 11 is 0. The minimum absolute atomic E-state index is 0.0497. The minimum atomic E-state index is -0.675. The molecule has 0 spiro atoms. The van der Waals surface area contributed by atoms with Crippen LogP contribution in [0.15, 0.2) is 24.3 Å². The van der Waals surface area contributed by atoms with Gasteiger partial charge in [-0.25, -0.2) is 13.6 Å². The molecule has 3 rings (SSSR count). The smallest absolute Gasteiger partial charge is 0.320 e. The Kier molecular flexibility index (Phi) is 4.47. The van der Waals surface area contributed by atoms with Gasteiger partial charge in [0.2, 0.25) is 0 Å². The number of urea groups is 1. The Balaban J connectivity index is 1.67. The topological polar surface area (TPSA) is 62.2 Å². The lowest BCUT2D eigenvalue weighted by Gasteiger charge is -2.23. The van der Waals surface area contributed by atoms with Gasteiger partial charge in [0, 0.05) is 36.8 Å². The van der Waals surface area contributed by atoms with E-state index in [4.69, 9.17) is 0 Å². The zero-order valence-corrected chi connectivity index (χ0v) is 14.4. The van der Waals surface area contributed by atoms with Crippen LogP contribution >= 0.6 is 0 Å². The molecule has 1 aromatic carbocycles. The monoisotopic (exact) mass is 349 g/mol. The summed E-state index contributed by atoms with van der Waals surface area (Å²) in [7, 11) is 5.65. The highest BCUT2D eigenvalue weighted by Gasteiger charge is 2.44. The molecule has 2 amide bonds. The number of carbonyl (C=O) groups is 1. The van der Waals surface area contributed by atoms with Crippen LogP contribution in [0.25, 0.3) is 11.3 Å². The number of nitrogens with one attached hydrogen (secondary N) is 2. The Morgan fingerprint density at radius 1 is 1.24 bits per heavy atom. The van der Waals surface area contributed by atoms with Crippen LogP contribution in [-0.4, -0.2) is 46.9 Å². The molecule has 0 bridgehead atoms. The lowest BCUT2D eigenvalue weighted by atomic mass is 10.1. The number of aryl methyl sites for hydroxylation is 1. The third-order valence-corrected chi connectivity index (χ3v) is 4.63. The second-order valence-corrected chi connectivity index (χ2v) is 6.62. The number of likely N-dealkylation sites (N-methyl/N-ethyl adjacent to an activating group) is 1. The van der Waals surface area contributed by atoms with Gasteiger partial charge in [0.1, 0.15) is 17.5 Å². The maximum absolute atomic E-state index is 13.4. The Hall–Kier alpha value is -2.48. The molecule has 1 fully saturated rings. The number of benzene rings is 1. The number of rotatable bonds is 5. The summed E-state index contributed by atoms with van der Waals surface area (Å²) in [5.74, 6) is -0.912. The largest absolute Gasteiger partial charge is 0.336 e. The molecule has 0 atom stereocenters. The third-order valence-electron chi connectivity index (χ3n) is 4.63. The molecule has 0 aliphatic heterocycles. The molecule has 2 aromatic rings. The van der Waals surface area contributed by atoms with Crippen molar-refractivity contribution in [2.45, 2.75) is 18.4 Å². The Bertz CT molecular complexity index is 778. The SMILES string of the molecule is CN(C)C1(CNC(=O)Nc2cc(-c3cc(F)cc(F)c3)nn2C)CC1. The van der Waals surface area contributed by atoms with Gasteiger partial charge < -0.3 is 10.2 Å². The van der Waals surface area contributed by atoms with E-state index in [0.29, 0.717) is 23.6 Å². The number of hydrogen-bond acceptors (Lipinski definition) is 3. The lowest BCUT2D eigenvalue weighted by molar-refractivity contribution is 0.236. The van der Waals surface area contributed by atoms with Crippen molar-refractivity contribution in [3.63, 3.8) is 0 Å². The highest BCUT2D eigenvalue weighted by atomic mass is 19.1. The second-order valence-electron chi connectivity index (χ2n) is 6.62. The molecule has 1 aliphatic carbocycles. The quantitative estimate of drug-likeness (QED) is 0.872. The van der Waals surface area contributed by atoms with Gasteiger partial charge in [-0.3, -0.25) is 10.00 Å². The van der Waals surface area contributed by atoms with Crippen LogP contribution in [0.1, 0.15) is 12.8 Å². The Morgan fingerprint density at radius 3 is 2.44 bits per heavy atom. The first-order valence-corrected chi connectivity index (χ1v) is 8.02. The Labute approximate surface area is 144 Å². The molecule has 1 aromatic heterocycles. The average Bonchev–Trinajstić information content (AvgIpc) is 3.24. The first-order valence-electron chi connectivity index (χ1n) is 8.02. The van der Waals surface area contributed by atoms with Crippen LogP contribution in [0, 0.1) is 11.6 Å². The number of carbonyl (C=O) groups excluding carboxylic acids is 1. The van der Waals surface area contributed by atoms with Crippen molar-refractivity contribution in [3.8, 4) is 11.3 Å². The van der Waals surface area contributed by atoms with E-state index in [2.05, 4.69) is 20.6 Å². The summed E-state index contributed by atoms with van der Waals surface area (Å²) in [4.78, 5) is 14.2. The first kappa shape index (κ1) is 17.3. The van der Waals surface area contributed by atoms with Crippen LogP contribution < -0.4 is 10.6 Å². The maximum atomic E-state index is 13.4. The van der Waals surface area contributed by atoms with E-state index < -0.39 is 11.6 Å². The van der Waals surface area contributed by atoms with E-state index in [1.54, 1.807) is 13.1 Å². The molecule has 8 heteroatoms. The fraction of sp³-hybridized carbons (Fsp3) is 0.412. The van der Waals surface area contributed by atoms with Gasteiger partial charge in [-0.2, -0.15) is 5.10 Å². The molecule has 25 heavy (non-hydrogen) atoms. The number of anilines is 1. The molecular formula is C17H21F2N5O. The summed E-state index contributed by atoms with van der Waals surface area (Å²) in [5.41, 5.74) is 0.739. The van der Waals surface area contributed by atoms with Gasteiger partial charge in [-0.15, -0.1) is 0 Å². The number of halogens is 2. The summed E-state index contributed by atoms with van der Waals surface area (Å²) in [6.45, 7) is 0.561. The van der Waals surface area contributed by atoms with E-state index in [1.807, 2.05) is 14.1 Å². The highest BCUT2D eigenvalue weighted by molar-refractivity contribution is 5.89. The van der Waals surface area contributed by atoms with Gasteiger partial charge in [0.15, 0.2) is 0 Å². The van der Waals surface area contributed by atoms with Crippen LogP contribution in [-0.2, 0) is 7.05 Å². The summed E-state index contributed by atoms with van der Waals surface area (Å²) < 4.78 is 28.2. The highest BCUT2D eigenvalue weighted by Crippen LogP contribution is 2.39. The molecule has 2 N–H and O–H groups in total. The Morgan fingerprint density at radius 2 is 1.88 bits per heavy atom. The van der Waals surface area contributed by atoms with Crippen molar-refractivity contribution < 1.29 is 13.6 Å². The third kappa shape index (κ3) is 3.79. The van der Waals surface area contributed by atoms with Crippen molar-refractivity contribution in [1.82, 2.24) is 20.0 Å². The molecule has 0 saturated heterocycles. The van der Waals surface area contributed by atoms with Gasteiger partial charge in [-0.1, -0.05) is 0 Å². The van der Waals surface area contributed by atoms with Crippen LogP contribution in [0.4, 0.5) is 19.4 Å². The molecule has 6 nitrogen and oxygen atoms in total.